The van der Waals surface area contributed by atoms with Crippen molar-refractivity contribution in [2.45, 2.75) is 51.1 Å². The van der Waals surface area contributed by atoms with E-state index in [9.17, 15) is 4.79 Å². The number of carbonyl (C=O) groups excluding carboxylic acids is 1. The van der Waals surface area contributed by atoms with Crippen molar-refractivity contribution < 1.29 is 4.79 Å². The molecule has 2 aliphatic carbocycles. The molecule has 2 aromatic heterocycles. The molecule has 0 bridgehead atoms. The van der Waals surface area contributed by atoms with Gasteiger partial charge < -0.3 is 5.32 Å². The molecule has 5 heteroatoms. The zero-order valence-corrected chi connectivity index (χ0v) is 14.9. The zero-order chi connectivity index (χ0) is 17.7. The van der Waals surface area contributed by atoms with Gasteiger partial charge in [0.25, 0.3) is 5.91 Å². The van der Waals surface area contributed by atoms with Crippen LogP contribution in [0, 0.1) is 6.92 Å². The molecule has 0 spiro atoms. The number of rotatable bonds is 5. The molecule has 0 aliphatic heterocycles. The third kappa shape index (κ3) is 2.87. The summed E-state index contributed by atoms with van der Waals surface area (Å²) in [7, 11) is 0. The molecule has 0 unspecified atom stereocenters. The molecule has 0 atom stereocenters. The van der Waals surface area contributed by atoms with E-state index in [-0.39, 0.29) is 5.91 Å². The van der Waals surface area contributed by atoms with E-state index in [0.717, 1.165) is 53.7 Å². The summed E-state index contributed by atoms with van der Waals surface area (Å²) in [5, 5.41) is 8.74. The molecule has 1 aromatic carbocycles. The van der Waals surface area contributed by atoms with Crippen molar-refractivity contribution in [3.63, 3.8) is 0 Å². The Labute approximate surface area is 152 Å². The summed E-state index contributed by atoms with van der Waals surface area (Å²) in [6, 6.07) is 12.6. The molecule has 5 nitrogen and oxygen atoms in total. The number of fused-ring (bicyclic) bond motifs is 1. The van der Waals surface area contributed by atoms with E-state index in [2.05, 4.69) is 17.4 Å². The first-order chi connectivity index (χ1) is 12.7. The largest absolute Gasteiger partial charge is 0.349 e. The average Bonchev–Trinajstić information content (AvgIpc) is 3.55. The smallest absolute Gasteiger partial charge is 0.252 e. The summed E-state index contributed by atoms with van der Waals surface area (Å²) < 4.78 is 1.94. The van der Waals surface area contributed by atoms with Gasteiger partial charge in [0.1, 0.15) is 0 Å². The van der Waals surface area contributed by atoms with Crippen LogP contribution < -0.4 is 5.32 Å². The number of pyridine rings is 1. The normalized spacial score (nSPS) is 16.8. The molecule has 3 aromatic rings. The number of carbonyl (C=O) groups is 1. The van der Waals surface area contributed by atoms with Gasteiger partial charge in [-0.1, -0.05) is 30.3 Å². The molecule has 5 rings (SSSR count). The van der Waals surface area contributed by atoms with Gasteiger partial charge in [-0.05, 0) is 44.2 Å². The highest BCUT2D eigenvalue weighted by Gasteiger charge is 2.30. The lowest BCUT2D eigenvalue weighted by Crippen LogP contribution is -2.26. The van der Waals surface area contributed by atoms with Gasteiger partial charge in [0, 0.05) is 17.7 Å². The van der Waals surface area contributed by atoms with E-state index in [1.807, 2.05) is 35.9 Å². The predicted molar refractivity (Wildman–Crippen MR) is 100 cm³/mol. The first-order valence-electron chi connectivity index (χ1n) is 9.42. The van der Waals surface area contributed by atoms with E-state index in [0.29, 0.717) is 18.5 Å². The number of amides is 1. The molecule has 26 heavy (non-hydrogen) atoms. The Morgan fingerprint density at radius 3 is 2.65 bits per heavy atom. The quantitative estimate of drug-likeness (QED) is 0.768. The topological polar surface area (TPSA) is 59.8 Å². The Hall–Kier alpha value is -2.69. The molecule has 2 heterocycles. The molecule has 2 aliphatic rings. The minimum absolute atomic E-state index is 0.0177. The minimum atomic E-state index is 0.0177. The van der Waals surface area contributed by atoms with Gasteiger partial charge in [-0.15, -0.1) is 0 Å². The van der Waals surface area contributed by atoms with Gasteiger partial charge >= 0.3 is 0 Å². The van der Waals surface area contributed by atoms with Crippen molar-refractivity contribution in [1.82, 2.24) is 20.1 Å². The van der Waals surface area contributed by atoms with E-state index >= 15 is 0 Å². The van der Waals surface area contributed by atoms with Gasteiger partial charge in [0.2, 0.25) is 0 Å². The number of aromatic nitrogens is 3. The van der Waals surface area contributed by atoms with Crippen LogP contribution in [0.5, 0.6) is 0 Å². The highest BCUT2D eigenvalue weighted by molar-refractivity contribution is 6.06. The lowest BCUT2D eigenvalue weighted by molar-refractivity contribution is 0.0952. The molecule has 0 saturated heterocycles. The Morgan fingerprint density at radius 2 is 1.96 bits per heavy atom. The van der Waals surface area contributed by atoms with Crippen molar-refractivity contribution in [2.75, 3.05) is 0 Å². The van der Waals surface area contributed by atoms with Crippen molar-refractivity contribution in [3.05, 3.63) is 58.9 Å². The third-order valence-corrected chi connectivity index (χ3v) is 5.23. The molecular formula is C21H22N4O. The monoisotopic (exact) mass is 346 g/mol. The fourth-order valence-corrected chi connectivity index (χ4v) is 3.50. The van der Waals surface area contributed by atoms with Crippen LogP contribution in [0.1, 0.15) is 58.9 Å². The fourth-order valence-electron chi connectivity index (χ4n) is 3.50. The molecule has 1 N–H and O–H groups in total. The molecular weight excluding hydrogens is 324 g/mol. The van der Waals surface area contributed by atoms with E-state index in [1.54, 1.807) is 0 Å². The minimum Gasteiger partial charge on any atom is -0.349 e. The lowest BCUT2D eigenvalue weighted by atomic mass is 10.1. The van der Waals surface area contributed by atoms with Crippen molar-refractivity contribution in [2.24, 2.45) is 0 Å². The number of hydrogen-bond donors (Lipinski definition) is 1. The standard InChI is InChI=1S/C21H22N4O/c1-13-19-17(21(26)22-16-9-10-16)11-18(15-7-8-15)23-20(19)25(24-13)12-14-5-3-2-4-6-14/h2-6,11,15-16H,7-10,12H2,1H3,(H,22,26). The van der Waals surface area contributed by atoms with Crippen LogP contribution in [0.15, 0.2) is 36.4 Å². The van der Waals surface area contributed by atoms with Gasteiger partial charge in [0.05, 0.1) is 23.2 Å². The Bertz CT molecular complexity index is 984. The zero-order valence-electron chi connectivity index (χ0n) is 14.9. The molecule has 0 radical (unpaired) electrons. The second kappa shape index (κ2) is 5.94. The van der Waals surface area contributed by atoms with E-state index < -0.39 is 0 Å². The van der Waals surface area contributed by atoms with Crippen LogP contribution in [0.3, 0.4) is 0 Å². The summed E-state index contributed by atoms with van der Waals surface area (Å²) in [6.45, 7) is 2.63. The Morgan fingerprint density at radius 1 is 1.19 bits per heavy atom. The summed E-state index contributed by atoms with van der Waals surface area (Å²) >= 11 is 0. The van der Waals surface area contributed by atoms with E-state index in [4.69, 9.17) is 10.1 Å². The highest BCUT2D eigenvalue weighted by Crippen LogP contribution is 2.40. The lowest BCUT2D eigenvalue weighted by Gasteiger charge is -2.09. The van der Waals surface area contributed by atoms with E-state index in [1.165, 1.54) is 5.56 Å². The van der Waals surface area contributed by atoms with Gasteiger partial charge in [0.15, 0.2) is 5.65 Å². The third-order valence-electron chi connectivity index (χ3n) is 5.23. The maximum absolute atomic E-state index is 12.8. The second-order valence-electron chi connectivity index (χ2n) is 7.54. The Balaban J connectivity index is 1.62. The van der Waals surface area contributed by atoms with Crippen LogP contribution in [0.25, 0.3) is 11.0 Å². The molecule has 2 fully saturated rings. The summed E-state index contributed by atoms with van der Waals surface area (Å²) in [5.41, 5.74) is 4.65. The maximum Gasteiger partial charge on any atom is 0.252 e. The second-order valence-corrected chi connectivity index (χ2v) is 7.54. The molecule has 132 valence electrons. The fraction of sp³-hybridized carbons (Fsp3) is 0.381. The average molecular weight is 346 g/mol. The van der Waals surface area contributed by atoms with Crippen molar-refractivity contribution in [3.8, 4) is 0 Å². The highest BCUT2D eigenvalue weighted by atomic mass is 16.1. The number of nitrogens with one attached hydrogen (secondary N) is 1. The van der Waals surface area contributed by atoms with Crippen LogP contribution in [0.2, 0.25) is 0 Å². The summed E-state index contributed by atoms with van der Waals surface area (Å²) in [5.74, 6) is 0.511. The van der Waals surface area contributed by atoms with Crippen LogP contribution in [0.4, 0.5) is 0 Å². The molecule has 2 saturated carbocycles. The van der Waals surface area contributed by atoms with Crippen LogP contribution in [-0.2, 0) is 6.54 Å². The van der Waals surface area contributed by atoms with Crippen LogP contribution >= 0.6 is 0 Å². The number of aryl methyl sites for hydroxylation is 1. The number of benzene rings is 1. The summed E-state index contributed by atoms with van der Waals surface area (Å²) in [4.78, 5) is 17.8. The predicted octanol–water partition coefficient (Wildman–Crippen LogP) is 3.56. The van der Waals surface area contributed by atoms with Crippen molar-refractivity contribution in [1.29, 1.82) is 0 Å². The SMILES string of the molecule is Cc1nn(Cc2ccccc2)c2nc(C3CC3)cc(C(=O)NC3CC3)c12. The summed E-state index contributed by atoms with van der Waals surface area (Å²) in [6.07, 6.45) is 4.49. The van der Waals surface area contributed by atoms with Gasteiger partial charge in [-0.3, -0.25) is 4.79 Å². The molecule has 1 amide bonds. The van der Waals surface area contributed by atoms with Crippen molar-refractivity contribution >= 4 is 16.9 Å². The first-order valence-corrected chi connectivity index (χ1v) is 9.42. The van der Waals surface area contributed by atoms with Crippen LogP contribution in [-0.4, -0.2) is 26.7 Å². The Kier molecular flexibility index (Phi) is 3.55. The number of hydrogen-bond acceptors (Lipinski definition) is 3. The number of nitrogens with zero attached hydrogens (tertiary/aromatic N) is 3. The van der Waals surface area contributed by atoms with Gasteiger partial charge in [-0.2, -0.15) is 5.10 Å². The van der Waals surface area contributed by atoms with Gasteiger partial charge in [-0.25, -0.2) is 9.67 Å². The maximum atomic E-state index is 12.8. The first kappa shape index (κ1) is 15.6.